The van der Waals surface area contributed by atoms with Gasteiger partial charge in [0.25, 0.3) is 8.32 Å². The first-order valence-corrected chi connectivity index (χ1v) is 14.4. The summed E-state index contributed by atoms with van der Waals surface area (Å²) in [5.41, 5.74) is -0.877. The number of hydrogen-bond acceptors (Lipinski definition) is 4. The van der Waals surface area contributed by atoms with Crippen molar-refractivity contribution in [2.45, 2.75) is 55.3 Å². The second-order valence-electron chi connectivity index (χ2n) is 9.31. The highest BCUT2D eigenvalue weighted by atomic mass is 32.2. The Bertz CT molecular complexity index is 1100. The average Bonchev–Trinajstić information content (AvgIpc) is 3.60. The Kier molecular flexibility index (Phi) is 6.16. The monoisotopic (exact) mass is 466 g/mol. The maximum atomic E-state index is 13.0. The molecule has 0 saturated carbocycles. The van der Waals surface area contributed by atoms with Gasteiger partial charge in [0.2, 0.25) is 9.84 Å². The number of ether oxygens (including phenoxy) is 1. The summed E-state index contributed by atoms with van der Waals surface area (Å²) < 4.78 is 38.8. The van der Waals surface area contributed by atoms with Gasteiger partial charge in [-0.15, -0.1) is 0 Å². The van der Waals surface area contributed by atoms with Crippen LogP contribution in [0, 0.1) is 0 Å². The fourth-order valence-electron chi connectivity index (χ4n) is 4.47. The zero-order valence-electron chi connectivity index (χ0n) is 18.9. The molecule has 0 aromatic heterocycles. The molecule has 6 heteroatoms. The number of hydrogen-bond donors (Lipinski definition) is 0. The molecule has 4 rings (SSSR count). The summed E-state index contributed by atoms with van der Waals surface area (Å²) in [6.45, 7) is 8.55. The molecule has 0 N–H and O–H groups in total. The second-order valence-corrected chi connectivity index (χ2v) is 15.6. The molecule has 1 aliphatic heterocycles. The van der Waals surface area contributed by atoms with E-state index in [9.17, 15) is 8.42 Å². The minimum absolute atomic E-state index is 0.188. The molecular weight excluding hydrogens is 436 g/mol. The second kappa shape index (κ2) is 8.59. The van der Waals surface area contributed by atoms with Gasteiger partial charge in [0, 0.05) is 0 Å². The molecule has 0 radical (unpaired) electrons. The van der Waals surface area contributed by atoms with Crippen LogP contribution in [0.2, 0.25) is 5.04 Å². The van der Waals surface area contributed by atoms with E-state index in [0.29, 0.717) is 0 Å². The summed E-state index contributed by atoms with van der Waals surface area (Å²) in [7, 11) is -6.35. The average molecular weight is 467 g/mol. The van der Waals surface area contributed by atoms with Crippen LogP contribution >= 0.6 is 0 Å². The molecule has 3 atom stereocenters. The smallest absolute Gasteiger partial charge is 0.261 e. The highest BCUT2D eigenvalue weighted by molar-refractivity contribution is 7.92. The molecule has 0 bridgehead atoms. The molecule has 0 unspecified atom stereocenters. The van der Waals surface area contributed by atoms with E-state index in [-0.39, 0.29) is 16.0 Å². The molecule has 4 nitrogen and oxygen atoms in total. The molecule has 1 saturated heterocycles. The molecule has 0 aliphatic carbocycles. The molecule has 0 amide bonds. The Morgan fingerprint density at radius 3 is 1.69 bits per heavy atom. The summed E-state index contributed by atoms with van der Waals surface area (Å²) in [6, 6.07) is 29.2. The van der Waals surface area contributed by atoms with Crippen LogP contribution in [-0.2, 0) is 19.0 Å². The van der Waals surface area contributed by atoms with Crippen LogP contribution in [-0.4, -0.2) is 34.4 Å². The highest BCUT2D eigenvalue weighted by Gasteiger charge is 2.57. The lowest BCUT2D eigenvalue weighted by Gasteiger charge is -2.44. The van der Waals surface area contributed by atoms with E-state index in [2.05, 4.69) is 45.0 Å². The molecule has 1 aliphatic rings. The Morgan fingerprint density at radius 2 is 1.25 bits per heavy atom. The first kappa shape index (κ1) is 22.9. The Hall–Kier alpha value is -2.25. The van der Waals surface area contributed by atoms with Crippen LogP contribution < -0.4 is 10.4 Å². The van der Waals surface area contributed by atoms with E-state index in [1.54, 1.807) is 30.3 Å². The topological polar surface area (TPSA) is 55.9 Å². The number of sulfone groups is 1. The Balaban J connectivity index is 1.70. The standard InChI is InChI=1S/C26H30O4SSi/c1-20(24-25(29-24)31(27,28)21-14-8-5-9-15-21)30-32(26(2,3)4,22-16-10-6-11-17-22)23-18-12-7-13-19-23/h5-20,24-25H,1-4H3/t20-,24+,25+/m0/s1. The van der Waals surface area contributed by atoms with Crippen LogP contribution in [0.1, 0.15) is 27.7 Å². The predicted molar refractivity (Wildman–Crippen MR) is 130 cm³/mol. The first-order chi connectivity index (χ1) is 15.2. The van der Waals surface area contributed by atoms with Crippen molar-refractivity contribution in [1.29, 1.82) is 0 Å². The third-order valence-electron chi connectivity index (χ3n) is 6.10. The minimum Gasteiger partial charge on any atom is -0.402 e. The van der Waals surface area contributed by atoms with Gasteiger partial charge in [-0.25, -0.2) is 8.42 Å². The maximum absolute atomic E-state index is 13.0. The Morgan fingerprint density at radius 1 is 0.812 bits per heavy atom. The fourth-order valence-corrected chi connectivity index (χ4v) is 10.8. The van der Waals surface area contributed by atoms with Crippen molar-refractivity contribution >= 4 is 28.5 Å². The highest BCUT2D eigenvalue weighted by Crippen LogP contribution is 2.41. The number of epoxide rings is 1. The van der Waals surface area contributed by atoms with Gasteiger partial charge in [0.1, 0.15) is 6.10 Å². The molecule has 168 valence electrons. The van der Waals surface area contributed by atoms with Crippen molar-refractivity contribution in [3.05, 3.63) is 91.0 Å². The summed E-state index contributed by atoms with van der Waals surface area (Å²) >= 11 is 0. The van der Waals surface area contributed by atoms with Gasteiger partial charge < -0.3 is 9.16 Å². The van der Waals surface area contributed by atoms with Crippen molar-refractivity contribution in [2.24, 2.45) is 0 Å². The molecule has 1 fully saturated rings. The number of benzene rings is 3. The van der Waals surface area contributed by atoms with Crippen molar-refractivity contribution in [1.82, 2.24) is 0 Å². The molecule has 0 spiro atoms. The fraction of sp³-hybridized carbons (Fsp3) is 0.308. The third kappa shape index (κ3) is 4.08. The van der Waals surface area contributed by atoms with Gasteiger partial charge in [0.05, 0.1) is 11.0 Å². The zero-order valence-corrected chi connectivity index (χ0v) is 20.8. The lowest BCUT2D eigenvalue weighted by atomic mass is 10.2. The quantitative estimate of drug-likeness (QED) is 0.388. The van der Waals surface area contributed by atoms with E-state index in [1.165, 1.54) is 0 Å². The normalized spacial score (nSPS) is 20.0. The van der Waals surface area contributed by atoms with E-state index < -0.39 is 29.7 Å². The van der Waals surface area contributed by atoms with Crippen LogP contribution in [0.4, 0.5) is 0 Å². The van der Waals surface area contributed by atoms with E-state index in [4.69, 9.17) is 9.16 Å². The molecule has 3 aromatic carbocycles. The molecule has 3 aromatic rings. The van der Waals surface area contributed by atoms with Gasteiger partial charge in [-0.3, -0.25) is 0 Å². The van der Waals surface area contributed by atoms with Crippen molar-refractivity contribution in [2.75, 3.05) is 0 Å². The van der Waals surface area contributed by atoms with Gasteiger partial charge in [-0.05, 0) is 34.5 Å². The van der Waals surface area contributed by atoms with Gasteiger partial charge in [-0.1, -0.05) is 99.6 Å². The van der Waals surface area contributed by atoms with Crippen molar-refractivity contribution < 1.29 is 17.6 Å². The van der Waals surface area contributed by atoms with Crippen LogP contribution in [0.15, 0.2) is 95.9 Å². The third-order valence-corrected chi connectivity index (χ3v) is 13.2. The summed E-state index contributed by atoms with van der Waals surface area (Å²) in [4.78, 5) is 0.283. The number of rotatable bonds is 7. The SMILES string of the molecule is C[C@H](O[Si](c1ccccc1)(c1ccccc1)C(C)(C)C)[C@H]1O[C@@H]1S(=O)(=O)c1ccccc1. The minimum atomic E-state index is -3.57. The maximum Gasteiger partial charge on any atom is 0.261 e. The van der Waals surface area contributed by atoms with Gasteiger partial charge >= 0.3 is 0 Å². The largest absolute Gasteiger partial charge is 0.402 e. The molecule has 32 heavy (non-hydrogen) atoms. The first-order valence-electron chi connectivity index (χ1n) is 10.9. The van der Waals surface area contributed by atoms with Crippen LogP contribution in [0.3, 0.4) is 0 Å². The summed E-state index contributed by atoms with van der Waals surface area (Å²) in [5, 5.41) is 2.13. The molecular formula is C26H30O4SSi. The summed E-state index contributed by atoms with van der Waals surface area (Å²) in [5.74, 6) is 0. The van der Waals surface area contributed by atoms with Gasteiger partial charge in [0.15, 0.2) is 5.44 Å². The van der Waals surface area contributed by atoms with E-state index in [0.717, 1.165) is 10.4 Å². The molecule has 1 heterocycles. The summed E-state index contributed by atoms with van der Waals surface area (Å²) in [6.07, 6.45) is -0.883. The zero-order chi connectivity index (χ0) is 23.0. The lowest BCUT2D eigenvalue weighted by Crippen LogP contribution is -2.68. The van der Waals surface area contributed by atoms with Crippen LogP contribution in [0.5, 0.6) is 0 Å². The predicted octanol–water partition coefficient (Wildman–Crippen LogP) is 4.15. The van der Waals surface area contributed by atoms with Gasteiger partial charge in [-0.2, -0.15) is 0 Å². The van der Waals surface area contributed by atoms with Crippen molar-refractivity contribution in [3.63, 3.8) is 0 Å². The lowest BCUT2D eigenvalue weighted by molar-refractivity contribution is 0.164. The van der Waals surface area contributed by atoms with Crippen LogP contribution in [0.25, 0.3) is 0 Å². The van der Waals surface area contributed by atoms with E-state index in [1.807, 2.05) is 43.3 Å². The Labute approximate surface area is 192 Å². The van der Waals surface area contributed by atoms with E-state index >= 15 is 0 Å². The van der Waals surface area contributed by atoms with Crippen molar-refractivity contribution in [3.8, 4) is 0 Å².